The number of aromatic hydroxyl groups is 1. The maximum absolute atomic E-state index is 13.9. The number of nitrogens with zero attached hydrogens (tertiary/aromatic N) is 1. The highest BCUT2D eigenvalue weighted by Gasteiger charge is 2.58. The Bertz CT molecular complexity index is 1410. The summed E-state index contributed by atoms with van der Waals surface area (Å²) in [5, 5.41) is 24.1. The van der Waals surface area contributed by atoms with Gasteiger partial charge in [0.2, 0.25) is 11.8 Å². The highest BCUT2D eigenvalue weighted by molar-refractivity contribution is 6.53. The van der Waals surface area contributed by atoms with E-state index in [1.807, 2.05) is 42.5 Å². The number of anilines is 3. The third-order valence-corrected chi connectivity index (χ3v) is 7.98. The number of allylic oxidation sites excluding steroid dienone is 1. The molecule has 0 spiro atoms. The van der Waals surface area contributed by atoms with Crippen LogP contribution in [0.3, 0.4) is 0 Å². The molecule has 1 aliphatic carbocycles. The van der Waals surface area contributed by atoms with Crippen molar-refractivity contribution in [2.24, 2.45) is 17.8 Å². The van der Waals surface area contributed by atoms with E-state index in [0.29, 0.717) is 24.0 Å². The molecule has 4 atom stereocenters. The number of methoxy groups -OCH3 is 1. The van der Waals surface area contributed by atoms with Crippen molar-refractivity contribution in [3.05, 3.63) is 95.5 Å². The Kier molecular flexibility index (Phi) is 6.72. The molecule has 198 valence electrons. The predicted molar refractivity (Wildman–Crippen MR) is 147 cm³/mol. The minimum absolute atomic E-state index is 0.132. The first kappa shape index (κ1) is 25.4. The number of nitrogens with one attached hydrogen (secondary N) is 1. The minimum atomic E-state index is -1.21. The average Bonchev–Trinajstić information content (AvgIpc) is 3.19. The van der Waals surface area contributed by atoms with Crippen molar-refractivity contribution in [2.75, 3.05) is 23.9 Å². The first-order valence-corrected chi connectivity index (χ1v) is 13.1. The number of hydrogen-bond donors (Lipinski definition) is 3. The van der Waals surface area contributed by atoms with Crippen LogP contribution in [0.15, 0.2) is 89.9 Å². The summed E-state index contributed by atoms with van der Waals surface area (Å²) in [5.41, 5.74) is 4.56. The summed E-state index contributed by atoms with van der Waals surface area (Å²) in [4.78, 5) is 28.9. The second-order valence-corrected chi connectivity index (χ2v) is 10.3. The molecule has 2 heterocycles. The van der Waals surface area contributed by atoms with Crippen LogP contribution in [0.4, 0.5) is 17.1 Å². The molecule has 2 aliphatic heterocycles. The molecular weight excluding hydrogens is 495 g/mol. The van der Waals surface area contributed by atoms with Crippen LogP contribution in [0.1, 0.15) is 24.5 Å². The van der Waals surface area contributed by atoms with E-state index in [-0.39, 0.29) is 30.1 Å². The van der Waals surface area contributed by atoms with Crippen molar-refractivity contribution in [3.8, 4) is 5.75 Å². The van der Waals surface area contributed by atoms with Gasteiger partial charge in [0.15, 0.2) is 0 Å². The zero-order valence-corrected chi connectivity index (χ0v) is 21.5. The van der Waals surface area contributed by atoms with Gasteiger partial charge in [-0.15, -0.1) is 0 Å². The number of amides is 2. The van der Waals surface area contributed by atoms with Crippen molar-refractivity contribution in [2.45, 2.75) is 18.9 Å². The lowest BCUT2D eigenvalue weighted by molar-refractivity contribution is -0.123. The number of phenolic OH excluding ortho intramolecular Hbond substituents is 1. The second-order valence-electron chi connectivity index (χ2n) is 10.3. The third kappa shape index (κ3) is 4.63. The summed E-state index contributed by atoms with van der Waals surface area (Å²) in [6, 6.07) is 23.6. The summed E-state index contributed by atoms with van der Waals surface area (Å²) in [6.07, 6.45) is 0.277. The smallest absolute Gasteiger partial charge is 0.487 e. The molecule has 9 heteroatoms. The van der Waals surface area contributed by atoms with Gasteiger partial charge >= 0.3 is 7.12 Å². The average molecular weight is 524 g/mol. The molecule has 0 unspecified atom stereocenters. The van der Waals surface area contributed by atoms with Crippen LogP contribution in [0, 0.1) is 17.8 Å². The van der Waals surface area contributed by atoms with Crippen LogP contribution in [0.5, 0.6) is 5.75 Å². The van der Waals surface area contributed by atoms with Crippen molar-refractivity contribution in [1.29, 1.82) is 0 Å². The van der Waals surface area contributed by atoms with E-state index in [9.17, 15) is 19.7 Å². The SMILES string of the molecule is COCC1=C2B(O)O[C@H](c3ccc(O)cc3)C[C@H]2[C@H]2C(=O)N(c3ccc(Nc4ccccc4)cc3)C(=O)[C@H]2C1. The molecule has 3 aromatic rings. The van der Waals surface area contributed by atoms with E-state index in [2.05, 4.69) is 5.32 Å². The van der Waals surface area contributed by atoms with E-state index in [4.69, 9.17) is 9.39 Å². The topological polar surface area (TPSA) is 108 Å². The monoisotopic (exact) mass is 524 g/mol. The molecule has 0 aromatic heterocycles. The van der Waals surface area contributed by atoms with E-state index in [1.165, 1.54) is 4.90 Å². The van der Waals surface area contributed by atoms with E-state index in [1.54, 1.807) is 43.5 Å². The Morgan fingerprint density at radius 3 is 2.33 bits per heavy atom. The number of ether oxygens (including phenoxy) is 1. The van der Waals surface area contributed by atoms with Gasteiger partial charge in [0.25, 0.3) is 0 Å². The van der Waals surface area contributed by atoms with Crippen molar-refractivity contribution >= 4 is 36.0 Å². The van der Waals surface area contributed by atoms with Crippen molar-refractivity contribution < 1.29 is 29.1 Å². The first-order chi connectivity index (χ1) is 18.9. The number of phenols is 1. The Labute approximate surface area is 227 Å². The summed E-state index contributed by atoms with van der Waals surface area (Å²) in [7, 11) is 0.358. The molecular formula is C30H29BN2O6. The number of carbonyl (C=O) groups excluding carboxylic acids is 2. The quantitative estimate of drug-likeness (QED) is 0.324. The molecule has 0 saturated carbocycles. The molecule has 3 aromatic carbocycles. The molecule has 8 nitrogen and oxygen atoms in total. The van der Waals surface area contributed by atoms with Crippen LogP contribution in [-0.2, 0) is 19.0 Å². The highest BCUT2D eigenvalue weighted by Crippen LogP contribution is 2.52. The van der Waals surface area contributed by atoms with Crippen LogP contribution < -0.4 is 10.2 Å². The fourth-order valence-electron chi connectivity index (χ4n) is 6.26. The lowest BCUT2D eigenvalue weighted by Gasteiger charge is -2.42. The van der Waals surface area contributed by atoms with Gasteiger partial charge < -0.3 is 24.8 Å². The molecule has 2 saturated heterocycles. The maximum atomic E-state index is 13.9. The Morgan fingerprint density at radius 1 is 0.949 bits per heavy atom. The minimum Gasteiger partial charge on any atom is -0.508 e. The number of fused-ring (bicyclic) bond motifs is 3. The van der Waals surface area contributed by atoms with E-state index < -0.39 is 25.1 Å². The fourth-order valence-corrected chi connectivity index (χ4v) is 6.26. The molecule has 0 radical (unpaired) electrons. The van der Waals surface area contributed by atoms with Crippen LogP contribution in [0.2, 0.25) is 0 Å². The van der Waals surface area contributed by atoms with Gasteiger partial charge in [-0.3, -0.25) is 14.5 Å². The number of hydrogen-bond acceptors (Lipinski definition) is 7. The molecule has 3 N–H and O–H groups in total. The summed E-state index contributed by atoms with van der Waals surface area (Å²) in [5.74, 6) is -1.88. The van der Waals surface area contributed by atoms with Crippen LogP contribution in [-0.4, -0.2) is 42.8 Å². The van der Waals surface area contributed by atoms with Crippen molar-refractivity contribution in [3.63, 3.8) is 0 Å². The lowest BCUT2D eigenvalue weighted by atomic mass is 9.55. The summed E-state index contributed by atoms with van der Waals surface area (Å²) >= 11 is 0. The number of para-hydroxylation sites is 1. The van der Waals surface area contributed by atoms with Crippen molar-refractivity contribution in [1.82, 2.24) is 0 Å². The Hall–Kier alpha value is -3.92. The Morgan fingerprint density at radius 2 is 1.64 bits per heavy atom. The van der Waals surface area contributed by atoms with Crippen LogP contribution >= 0.6 is 0 Å². The second kappa shape index (κ2) is 10.3. The van der Waals surface area contributed by atoms with E-state index >= 15 is 0 Å². The zero-order valence-electron chi connectivity index (χ0n) is 21.5. The lowest BCUT2D eigenvalue weighted by Crippen LogP contribution is -2.45. The van der Waals surface area contributed by atoms with Crippen LogP contribution in [0.25, 0.3) is 0 Å². The van der Waals surface area contributed by atoms with E-state index in [0.717, 1.165) is 22.5 Å². The molecule has 2 amide bonds. The van der Waals surface area contributed by atoms with Gasteiger partial charge in [-0.05, 0) is 83.9 Å². The molecule has 0 bridgehead atoms. The fraction of sp³-hybridized carbons (Fsp3) is 0.267. The predicted octanol–water partition coefficient (Wildman–Crippen LogP) is 4.39. The molecule has 2 fully saturated rings. The maximum Gasteiger partial charge on any atom is 0.487 e. The molecule has 3 aliphatic rings. The number of carbonyl (C=O) groups is 2. The molecule has 6 rings (SSSR count). The summed E-state index contributed by atoms with van der Waals surface area (Å²) in [6.45, 7) is 0.251. The third-order valence-electron chi connectivity index (χ3n) is 7.98. The standard InChI is InChI=1S/C30H29BN2O6/c1-38-17-19-15-25-27(24-16-26(39-31(37)28(19)24)18-7-13-23(34)14-8-18)30(36)33(29(25)35)22-11-9-21(10-12-22)32-20-5-3-2-4-6-20/h2-14,24-27,32,34,37H,15-17H2,1H3/t24-,25-,26-,27+/m0/s1. The van der Waals surface area contributed by atoms with Gasteiger partial charge in [-0.1, -0.05) is 30.3 Å². The Balaban J connectivity index is 1.30. The zero-order chi connectivity index (χ0) is 27.1. The largest absolute Gasteiger partial charge is 0.508 e. The van der Waals surface area contributed by atoms with Gasteiger partial charge in [-0.2, -0.15) is 0 Å². The van der Waals surface area contributed by atoms with Gasteiger partial charge in [0.05, 0.1) is 30.2 Å². The van der Waals surface area contributed by atoms with Gasteiger partial charge in [0.1, 0.15) is 5.75 Å². The number of rotatable bonds is 6. The molecule has 39 heavy (non-hydrogen) atoms. The van der Waals surface area contributed by atoms with Gasteiger partial charge in [-0.25, -0.2) is 0 Å². The normalized spacial score (nSPS) is 24.6. The first-order valence-electron chi connectivity index (χ1n) is 13.1. The van der Waals surface area contributed by atoms with Gasteiger partial charge in [0, 0.05) is 18.5 Å². The highest BCUT2D eigenvalue weighted by atomic mass is 16.5. The number of imide groups is 1. The number of benzene rings is 3. The summed E-state index contributed by atoms with van der Waals surface area (Å²) < 4.78 is 11.4.